The van der Waals surface area contributed by atoms with Crippen molar-refractivity contribution < 1.29 is 36.5 Å². The predicted molar refractivity (Wildman–Crippen MR) is 28.9 cm³/mol. The summed E-state index contributed by atoms with van der Waals surface area (Å²) in [5.74, 6) is 0. The first-order valence-electron chi connectivity index (χ1n) is 0. The van der Waals surface area contributed by atoms with E-state index in [0.29, 0.717) is 0 Å². The van der Waals surface area contributed by atoms with Gasteiger partial charge in [0.25, 0.3) is 0 Å². The van der Waals surface area contributed by atoms with E-state index in [1.54, 1.807) is 0 Å². The van der Waals surface area contributed by atoms with E-state index in [-0.39, 0.29) is 103 Å². The molecule has 0 unspecified atom stereocenters. The largest absolute Gasteiger partial charge is 0 e. The molecule has 0 nitrogen and oxygen atoms in total. The van der Waals surface area contributed by atoms with Crippen molar-refractivity contribution in [1.82, 2.24) is 0 Å². The van der Waals surface area contributed by atoms with Crippen LogP contribution in [0.2, 0.25) is 0 Å². The summed E-state index contributed by atoms with van der Waals surface area (Å²) in [6.07, 6.45) is 0. The monoisotopic (exact) mass is 252 g/mol. The summed E-state index contributed by atoms with van der Waals surface area (Å²) in [6, 6.07) is 0. The van der Waals surface area contributed by atoms with Crippen molar-refractivity contribution in [3.63, 3.8) is 0 Å². The average Bonchev–Trinajstić information content (AvgIpc) is 0. The van der Waals surface area contributed by atoms with Crippen molar-refractivity contribution in [1.29, 1.82) is 0 Å². The van der Waals surface area contributed by atoms with Crippen LogP contribution < -0.4 is 0 Å². The minimum atomic E-state index is 0. The molecule has 0 radical (unpaired) electrons. The Bertz CT molecular complexity index is 10.8. The van der Waals surface area contributed by atoms with E-state index in [1.165, 1.54) is 0 Å². The van der Waals surface area contributed by atoms with Crippen molar-refractivity contribution in [2.24, 2.45) is 0 Å². The van der Waals surface area contributed by atoms with Crippen LogP contribution in [-0.2, 0) is 36.5 Å². The molecule has 0 heterocycles. The molecule has 0 rings (SSSR count). The molecule has 0 aliphatic rings. The molecule has 0 fully saturated rings. The molecule has 0 aromatic rings. The molecule has 36 valence electrons. The Hall–Kier alpha value is 3.01. The van der Waals surface area contributed by atoms with Gasteiger partial charge in [0, 0.05) is 36.5 Å². The molecule has 6 heavy (non-hydrogen) atoms. The second-order valence-corrected chi connectivity index (χ2v) is 0. The molecule has 6 heteroatoms. The third kappa shape index (κ3) is 27.9. The molecule has 0 bridgehead atoms. The van der Waals surface area contributed by atoms with Crippen molar-refractivity contribution in [3.8, 4) is 0 Å². The van der Waals surface area contributed by atoms with Crippen LogP contribution >= 0.6 is 37.2 Å². The van der Waals surface area contributed by atoms with E-state index in [4.69, 9.17) is 0 Å². The summed E-state index contributed by atoms with van der Waals surface area (Å²) in [5, 5.41) is 0. The minimum Gasteiger partial charge on any atom is 0 e. The quantitative estimate of drug-likeness (QED) is 0.556. The van der Waals surface area contributed by atoms with Crippen LogP contribution in [0.1, 0.15) is 0 Å². The predicted octanol–water partition coefficient (Wildman–Crippen LogP) is 0.612. The smallest absolute Gasteiger partial charge is 0 e. The van der Waals surface area contributed by atoms with Crippen LogP contribution in [0.5, 0.6) is 0 Å². The van der Waals surface area contributed by atoms with Gasteiger partial charge >= 0.3 is 29.6 Å². The van der Waals surface area contributed by atoms with Gasteiger partial charge < -0.3 is 0 Å². The summed E-state index contributed by atoms with van der Waals surface area (Å²) in [4.78, 5) is 0. The van der Waals surface area contributed by atoms with Crippen LogP contribution in [-0.4, -0.2) is 29.6 Å². The Kier molecular flexibility index (Phi) is 461. The Balaban J connectivity index is 0. The molecule has 0 atom stereocenters. The molecule has 0 aliphatic carbocycles. The Labute approximate surface area is 102 Å². The van der Waals surface area contributed by atoms with Gasteiger partial charge in [0.05, 0.1) is 0 Å². The van der Waals surface area contributed by atoms with Crippen LogP contribution in [0.25, 0.3) is 0 Å². The topological polar surface area (TPSA) is 0 Å². The van der Waals surface area contributed by atoms with Gasteiger partial charge in [-0.15, -0.1) is 37.2 Å². The molecular formula is H4Cl3FeNaZn. The normalized spacial score (nSPS) is 0. The zero-order chi connectivity index (χ0) is 0. The van der Waals surface area contributed by atoms with Crippen LogP contribution in [0, 0.1) is 0 Å². The first kappa shape index (κ1) is 63.8. The van der Waals surface area contributed by atoms with Gasteiger partial charge in [0.15, 0.2) is 0 Å². The van der Waals surface area contributed by atoms with Crippen molar-refractivity contribution >= 4 is 66.8 Å². The molecular weight excluding hydrogens is 251 g/mol. The van der Waals surface area contributed by atoms with Gasteiger partial charge in [0.1, 0.15) is 0 Å². The summed E-state index contributed by atoms with van der Waals surface area (Å²) in [7, 11) is 0. The standard InChI is InChI=1S/3ClH.Fe.Na.Zn.H/h3*1H;;;;. The third-order valence-corrected chi connectivity index (χ3v) is 0. The van der Waals surface area contributed by atoms with Crippen LogP contribution in [0.15, 0.2) is 0 Å². The summed E-state index contributed by atoms with van der Waals surface area (Å²) in [6.45, 7) is 0. The summed E-state index contributed by atoms with van der Waals surface area (Å²) >= 11 is 0. The molecule has 0 aromatic heterocycles. The minimum absolute atomic E-state index is 0. The van der Waals surface area contributed by atoms with E-state index in [1.807, 2.05) is 0 Å². The first-order chi connectivity index (χ1) is 0. The average molecular weight is 255 g/mol. The molecule has 0 aromatic carbocycles. The molecule has 0 amide bonds. The fourth-order valence-corrected chi connectivity index (χ4v) is 0. The zero-order valence-corrected chi connectivity index (χ0v) is 8.81. The Morgan fingerprint density at radius 3 is 0.667 bits per heavy atom. The molecule has 0 aliphatic heterocycles. The van der Waals surface area contributed by atoms with E-state index in [0.717, 1.165) is 0 Å². The van der Waals surface area contributed by atoms with E-state index < -0.39 is 0 Å². The van der Waals surface area contributed by atoms with Crippen molar-refractivity contribution in [2.75, 3.05) is 0 Å². The van der Waals surface area contributed by atoms with E-state index in [9.17, 15) is 0 Å². The number of rotatable bonds is 0. The van der Waals surface area contributed by atoms with Crippen LogP contribution in [0.4, 0.5) is 0 Å². The van der Waals surface area contributed by atoms with Crippen LogP contribution in [0.3, 0.4) is 0 Å². The fourth-order valence-electron chi connectivity index (χ4n) is 0. The van der Waals surface area contributed by atoms with Gasteiger partial charge in [-0.2, -0.15) is 0 Å². The third-order valence-electron chi connectivity index (χ3n) is 0. The van der Waals surface area contributed by atoms with Crippen molar-refractivity contribution in [3.05, 3.63) is 0 Å². The van der Waals surface area contributed by atoms with Gasteiger partial charge in [-0.3, -0.25) is 0 Å². The van der Waals surface area contributed by atoms with Gasteiger partial charge in [-0.05, 0) is 0 Å². The molecule has 0 saturated carbocycles. The maximum Gasteiger partial charge on any atom is 0 e. The van der Waals surface area contributed by atoms with Gasteiger partial charge in [0.2, 0.25) is 0 Å². The Morgan fingerprint density at radius 1 is 0.667 bits per heavy atom. The van der Waals surface area contributed by atoms with Crippen molar-refractivity contribution in [2.45, 2.75) is 0 Å². The summed E-state index contributed by atoms with van der Waals surface area (Å²) in [5.41, 5.74) is 0. The Morgan fingerprint density at radius 2 is 0.667 bits per heavy atom. The SMILES string of the molecule is Cl.Cl.Cl.[Fe].[NaH].[Zn]. The van der Waals surface area contributed by atoms with Gasteiger partial charge in [-0.25, -0.2) is 0 Å². The number of halogens is 3. The van der Waals surface area contributed by atoms with E-state index in [2.05, 4.69) is 0 Å². The van der Waals surface area contributed by atoms with E-state index >= 15 is 0 Å². The first-order valence-corrected chi connectivity index (χ1v) is 0. The second-order valence-electron chi connectivity index (χ2n) is 0. The zero-order valence-electron chi connectivity index (χ0n) is 2.29. The van der Waals surface area contributed by atoms with Gasteiger partial charge in [-0.1, -0.05) is 0 Å². The summed E-state index contributed by atoms with van der Waals surface area (Å²) < 4.78 is 0. The second kappa shape index (κ2) is 43.4. The molecule has 0 spiro atoms. The molecule has 0 saturated heterocycles. The number of hydrogen-bond acceptors (Lipinski definition) is 0. The maximum absolute atomic E-state index is 0. The fraction of sp³-hybridized carbons (Fsp3) is 0. The molecule has 0 N–H and O–H groups in total. The number of hydrogen-bond donors (Lipinski definition) is 0. The maximum atomic E-state index is 0.